The molecule has 0 radical (unpaired) electrons. The number of aromatic nitrogens is 5. The Morgan fingerprint density at radius 3 is 2.81 bits per heavy atom. The Kier molecular flexibility index (Phi) is 3.42. The molecule has 0 fully saturated rings. The summed E-state index contributed by atoms with van der Waals surface area (Å²) in [5.41, 5.74) is 0.519. The number of rotatable bonds is 3. The topological polar surface area (TPSA) is 96.5 Å². The summed E-state index contributed by atoms with van der Waals surface area (Å²) in [6, 6.07) is 1.60. The Bertz CT molecular complexity index is 689. The molecule has 0 aliphatic heterocycles. The van der Waals surface area contributed by atoms with E-state index >= 15 is 0 Å². The number of H-pyrrole nitrogens is 1. The maximum absolute atomic E-state index is 12.3. The van der Waals surface area contributed by atoms with Crippen LogP contribution in [0, 0.1) is 0 Å². The lowest BCUT2D eigenvalue weighted by Crippen LogP contribution is -2.44. The number of halogens is 1. The summed E-state index contributed by atoms with van der Waals surface area (Å²) >= 11 is 6.15. The fraction of sp³-hybridized carbons (Fsp3) is 0.308. The SMILES string of the molecule is CC1(NC(=O)c2ncc(-c3nn[nH]n3)cc2Cl)CC=CC1. The van der Waals surface area contributed by atoms with Gasteiger partial charge in [0.2, 0.25) is 5.82 Å². The third-order valence-electron chi connectivity index (χ3n) is 3.38. The molecule has 2 heterocycles. The fourth-order valence-corrected chi connectivity index (χ4v) is 2.47. The first kappa shape index (κ1) is 13.7. The molecule has 0 saturated heterocycles. The normalized spacial score (nSPS) is 16.1. The first-order valence-corrected chi connectivity index (χ1v) is 6.82. The van der Waals surface area contributed by atoms with Gasteiger partial charge in [0.05, 0.1) is 5.02 Å². The van der Waals surface area contributed by atoms with Gasteiger partial charge < -0.3 is 5.32 Å². The lowest BCUT2D eigenvalue weighted by atomic mass is 9.99. The molecular formula is C13H13ClN6O. The molecule has 8 heteroatoms. The van der Waals surface area contributed by atoms with Crippen LogP contribution in [0.5, 0.6) is 0 Å². The predicted octanol–water partition coefficient (Wildman–Crippen LogP) is 1.75. The lowest BCUT2D eigenvalue weighted by molar-refractivity contribution is 0.0905. The van der Waals surface area contributed by atoms with Gasteiger partial charge in [-0.2, -0.15) is 5.21 Å². The third kappa shape index (κ3) is 2.78. The molecule has 0 atom stereocenters. The predicted molar refractivity (Wildman–Crippen MR) is 76.7 cm³/mol. The Morgan fingerprint density at radius 1 is 1.43 bits per heavy atom. The molecule has 7 nitrogen and oxygen atoms in total. The molecule has 0 unspecified atom stereocenters. The van der Waals surface area contributed by atoms with Crippen molar-refractivity contribution in [3.05, 3.63) is 35.1 Å². The van der Waals surface area contributed by atoms with Gasteiger partial charge in [0.15, 0.2) is 0 Å². The molecule has 108 valence electrons. The van der Waals surface area contributed by atoms with Crippen LogP contribution in [0.1, 0.15) is 30.3 Å². The van der Waals surface area contributed by atoms with E-state index in [-0.39, 0.29) is 22.2 Å². The van der Waals surface area contributed by atoms with Crippen LogP contribution in [0.15, 0.2) is 24.4 Å². The zero-order valence-corrected chi connectivity index (χ0v) is 12.1. The van der Waals surface area contributed by atoms with Crippen molar-refractivity contribution >= 4 is 17.5 Å². The molecule has 0 saturated carbocycles. The molecule has 2 aromatic rings. The highest BCUT2D eigenvalue weighted by Gasteiger charge is 2.28. The molecule has 21 heavy (non-hydrogen) atoms. The number of aromatic amines is 1. The smallest absolute Gasteiger partial charge is 0.271 e. The Morgan fingerprint density at radius 2 is 2.19 bits per heavy atom. The second kappa shape index (κ2) is 5.25. The fourth-order valence-electron chi connectivity index (χ4n) is 2.22. The van der Waals surface area contributed by atoms with Gasteiger partial charge in [0, 0.05) is 17.3 Å². The number of hydrogen-bond acceptors (Lipinski definition) is 5. The molecule has 1 aliphatic carbocycles. The maximum atomic E-state index is 12.3. The zero-order chi connectivity index (χ0) is 14.9. The summed E-state index contributed by atoms with van der Waals surface area (Å²) in [5, 5.41) is 16.7. The van der Waals surface area contributed by atoms with E-state index in [0.29, 0.717) is 11.4 Å². The Hall–Kier alpha value is -2.28. The van der Waals surface area contributed by atoms with Gasteiger partial charge in [0.25, 0.3) is 5.91 Å². The summed E-state index contributed by atoms with van der Waals surface area (Å²) < 4.78 is 0. The average molecular weight is 305 g/mol. The van der Waals surface area contributed by atoms with Crippen LogP contribution >= 0.6 is 11.6 Å². The van der Waals surface area contributed by atoms with Crippen molar-refractivity contribution in [3.63, 3.8) is 0 Å². The van der Waals surface area contributed by atoms with Crippen LogP contribution in [0.3, 0.4) is 0 Å². The molecule has 0 spiro atoms. The first-order chi connectivity index (χ1) is 10.1. The number of carbonyl (C=O) groups is 1. The van der Waals surface area contributed by atoms with Crippen molar-refractivity contribution in [2.24, 2.45) is 0 Å². The van der Waals surface area contributed by atoms with Crippen molar-refractivity contribution in [1.82, 2.24) is 30.9 Å². The number of nitrogens with zero attached hydrogens (tertiary/aromatic N) is 4. The van der Waals surface area contributed by atoms with E-state index in [1.807, 2.05) is 6.92 Å². The van der Waals surface area contributed by atoms with Gasteiger partial charge in [-0.3, -0.25) is 4.79 Å². The second-order valence-corrected chi connectivity index (χ2v) is 5.59. The van der Waals surface area contributed by atoms with Crippen molar-refractivity contribution in [2.45, 2.75) is 25.3 Å². The van der Waals surface area contributed by atoms with E-state index in [1.54, 1.807) is 6.07 Å². The monoisotopic (exact) mass is 304 g/mol. The minimum absolute atomic E-state index is 0.192. The average Bonchev–Trinajstić information content (AvgIpc) is 3.10. The Labute approximate surface area is 125 Å². The molecule has 1 aliphatic rings. The van der Waals surface area contributed by atoms with Gasteiger partial charge in [-0.25, -0.2) is 4.98 Å². The zero-order valence-electron chi connectivity index (χ0n) is 11.3. The summed E-state index contributed by atoms with van der Waals surface area (Å²) in [7, 11) is 0. The maximum Gasteiger partial charge on any atom is 0.271 e. The largest absolute Gasteiger partial charge is 0.345 e. The van der Waals surface area contributed by atoms with E-state index in [9.17, 15) is 4.79 Å². The summed E-state index contributed by atoms with van der Waals surface area (Å²) in [6.45, 7) is 1.99. The molecular weight excluding hydrogens is 292 g/mol. The summed E-state index contributed by atoms with van der Waals surface area (Å²) in [4.78, 5) is 16.4. The van der Waals surface area contributed by atoms with Crippen LogP contribution in [-0.4, -0.2) is 37.1 Å². The number of pyridine rings is 1. The molecule has 3 rings (SSSR count). The molecule has 0 aromatic carbocycles. The van der Waals surface area contributed by atoms with Crippen LogP contribution in [0.4, 0.5) is 0 Å². The number of amides is 1. The van der Waals surface area contributed by atoms with E-state index in [1.165, 1.54) is 6.20 Å². The highest BCUT2D eigenvalue weighted by Crippen LogP contribution is 2.25. The van der Waals surface area contributed by atoms with E-state index in [2.05, 4.69) is 43.1 Å². The number of nitrogens with one attached hydrogen (secondary N) is 2. The Balaban J connectivity index is 1.81. The molecule has 0 bridgehead atoms. The second-order valence-electron chi connectivity index (χ2n) is 5.18. The minimum atomic E-state index is -0.286. The quantitative estimate of drug-likeness (QED) is 0.842. The first-order valence-electron chi connectivity index (χ1n) is 6.44. The van der Waals surface area contributed by atoms with Crippen molar-refractivity contribution in [2.75, 3.05) is 0 Å². The molecule has 1 amide bonds. The summed E-state index contributed by atoms with van der Waals surface area (Å²) in [6.07, 6.45) is 7.21. The van der Waals surface area contributed by atoms with Crippen LogP contribution in [-0.2, 0) is 0 Å². The van der Waals surface area contributed by atoms with E-state index in [4.69, 9.17) is 11.6 Å². The minimum Gasteiger partial charge on any atom is -0.345 e. The molecule has 2 N–H and O–H groups in total. The van der Waals surface area contributed by atoms with Gasteiger partial charge in [-0.1, -0.05) is 23.8 Å². The third-order valence-corrected chi connectivity index (χ3v) is 3.67. The molecule has 2 aromatic heterocycles. The van der Waals surface area contributed by atoms with E-state index in [0.717, 1.165) is 12.8 Å². The van der Waals surface area contributed by atoms with Crippen molar-refractivity contribution in [3.8, 4) is 11.4 Å². The highest BCUT2D eigenvalue weighted by molar-refractivity contribution is 6.33. The van der Waals surface area contributed by atoms with Crippen LogP contribution in [0.2, 0.25) is 5.02 Å². The van der Waals surface area contributed by atoms with Gasteiger partial charge in [0.1, 0.15) is 5.69 Å². The van der Waals surface area contributed by atoms with Gasteiger partial charge in [-0.05, 0) is 31.0 Å². The van der Waals surface area contributed by atoms with Crippen molar-refractivity contribution < 1.29 is 4.79 Å². The van der Waals surface area contributed by atoms with Gasteiger partial charge >= 0.3 is 0 Å². The standard InChI is InChI=1S/C13H13ClN6O/c1-13(4-2-3-5-13)16-12(21)10-9(14)6-8(7-15-10)11-17-19-20-18-11/h2-3,6-7H,4-5H2,1H3,(H,16,21)(H,17,18,19,20). The lowest BCUT2D eigenvalue weighted by Gasteiger charge is -2.25. The summed E-state index contributed by atoms with van der Waals surface area (Å²) in [5.74, 6) is 0.0918. The number of carbonyl (C=O) groups excluding carboxylic acids is 1. The van der Waals surface area contributed by atoms with Crippen LogP contribution in [0.25, 0.3) is 11.4 Å². The van der Waals surface area contributed by atoms with E-state index < -0.39 is 0 Å². The van der Waals surface area contributed by atoms with Gasteiger partial charge in [-0.15, -0.1) is 10.2 Å². The number of tetrazole rings is 1. The van der Waals surface area contributed by atoms with Crippen LogP contribution < -0.4 is 5.32 Å². The number of hydrogen-bond donors (Lipinski definition) is 2. The van der Waals surface area contributed by atoms with Crippen molar-refractivity contribution in [1.29, 1.82) is 0 Å². The highest BCUT2D eigenvalue weighted by atomic mass is 35.5.